The molecule has 0 aliphatic rings. The van der Waals surface area contributed by atoms with Crippen molar-refractivity contribution < 1.29 is 4.74 Å². The fourth-order valence-electron chi connectivity index (χ4n) is 0.934. The quantitative estimate of drug-likeness (QED) is 0.446. The van der Waals surface area contributed by atoms with Crippen molar-refractivity contribution >= 4 is 23.5 Å². The van der Waals surface area contributed by atoms with E-state index in [0.717, 1.165) is 0 Å². The maximum atomic E-state index is 5.35. The molecule has 0 aromatic carbocycles. The van der Waals surface area contributed by atoms with E-state index in [0.29, 0.717) is 18.1 Å². The zero-order valence-corrected chi connectivity index (χ0v) is 9.12. The third-order valence-electron chi connectivity index (χ3n) is 1.46. The number of nitrogens with two attached hydrogens (primary N) is 1. The molecule has 1 rings (SSSR count). The van der Waals surface area contributed by atoms with Crippen molar-refractivity contribution in [2.24, 2.45) is 10.8 Å². The van der Waals surface area contributed by atoms with E-state index in [1.54, 1.807) is 12.3 Å². The third-order valence-corrected chi connectivity index (χ3v) is 1.55. The van der Waals surface area contributed by atoms with Crippen LogP contribution in [-0.2, 0) is 0 Å². The minimum absolute atomic E-state index is 0.111. The fraction of sp³-hybridized carbons (Fsp3) is 0.222. The Hall–Kier alpha value is -1.69. The van der Waals surface area contributed by atoms with Crippen LogP contribution < -0.4 is 15.9 Å². The van der Waals surface area contributed by atoms with Gasteiger partial charge in [0.1, 0.15) is 11.4 Å². The Morgan fingerprint density at radius 1 is 1.80 bits per heavy atom. The molecule has 1 aromatic rings. The number of rotatable bonds is 4. The van der Waals surface area contributed by atoms with Crippen molar-refractivity contribution in [2.75, 3.05) is 6.61 Å². The molecule has 0 radical (unpaired) electrons. The first-order chi connectivity index (χ1) is 7.24. The Labute approximate surface area is 93.3 Å². The molecule has 0 atom stereocenters. The van der Waals surface area contributed by atoms with Gasteiger partial charge in [0.05, 0.1) is 12.8 Å². The van der Waals surface area contributed by atoms with E-state index >= 15 is 0 Å². The van der Waals surface area contributed by atoms with Crippen LogP contribution in [0.15, 0.2) is 23.4 Å². The molecule has 5 nitrogen and oxygen atoms in total. The van der Waals surface area contributed by atoms with Crippen LogP contribution in [0.5, 0.6) is 5.75 Å². The molecule has 0 saturated carbocycles. The van der Waals surface area contributed by atoms with Crippen molar-refractivity contribution in [3.8, 4) is 5.75 Å². The van der Waals surface area contributed by atoms with Gasteiger partial charge in [-0.25, -0.2) is 0 Å². The van der Waals surface area contributed by atoms with Crippen molar-refractivity contribution in [2.45, 2.75) is 6.92 Å². The Morgan fingerprint density at radius 3 is 3.27 bits per heavy atom. The first-order valence-electron chi connectivity index (χ1n) is 4.40. The number of hydrogen-bond acceptors (Lipinski definition) is 4. The van der Waals surface area contributed by atoms with Crippen LogP contribution in [0.3, 0.4) is 0 Å². The van der Waals surface area contributed by atoms with Gasteiger partial charge in [-0.05, 0) is 31.3 Å². The van der Waals surface area contributed by atoms with Gasteiger partial charge < -0.3 is 10.5 Å². The monoisotopic (exact) mass is 224 g/mol. The average Bonchev–Trinajstić information content (AvgIpc) is 2.20. The number of hydrogen-bond donors (Lipinski definition) is 2. The van der Waals surface area contributed by atoms with Crippen molar-refractivity contribution in [3.63, 3.8) is 0 Å². The zero-order valence-electron chi connectivity index (χ0n) is 8.30. The van der Waals surface area contributed by atoms with Gasteiger partial charge in [0.15, 0.2) is 5.11 Å². The van der Waals surface area contributed by atoms with Crippen LogP contribution in [0.2, 0.25) is 0 Å². The number of hydrazone groups is 1. The number of pyridine rings is 1. The second kappa shape index (κ2) is 5.92. The highest BCUT2D eigenvalue weighted by Crippen LogP contribution is 2.12. The molecule has 0 amide bonds. The summed E-state index contributed by atoms with van der Waals surface area (Å²) in [6.07, 6.45) is 3.16. The summed E-state index contributed by atoms with van der Waals surface area (Å²) in [5, 5.41) is 3.91. The molecule has 0 bridgehead atoms. The summed E-state index contributed by atoms with van der Waals surface area (Å²) in [4.78, 5) is 4.10. The van der Waals surface area contributed by atoms with Crippen LogP contribution >= 0.6 is 12.2 Å². The molecule has 0 fully saturated rings. The van der Waals surface area contributed by atoms with Crippen LogP contribution in [0.4, 0.5) is 0 Å². The summed E-state index contributed by atoms with van der Waals surface area (Å²) >= 11 is 4.60. The van der Waals surface area contributed by atoms with E-state index in [-0.39, 0.29) is 5.11 Å². The summed E-state index contributed by atoms with van der Waals surface area (Å²) in [6.45, 7) is 2.48. The fourth-order valence-corrected chi connectivity index (χ4v) is 0.987. The highest BCUT2D eigenvalue weighted by atomic mass is 32.1. The second-order valence-electron chi connectivity index (χ2n) is 2.55. The largest absolute Gasteiger partial charge is 0.492 e. The van der Waals surface area contributed by atoms with Gasteiger partial charge in [0, 0.05) is 6.20 Å². The minimum atomic E-state index is 0.111. The van der Waals surface area contributed by atoms with Crippen LogP contribution in [0.1, 0.15) is 12.6 Å². The van der Waals surface area contributed by atoms with E-state index in [2.05, 4.69) is 27.7 Å². The summed E-state index contributed by atoms with van der Waals surface area (Å²) in [7, 11) is 0. The summed E-state index contributed by atoms with van der Waals surface area (Å²) in [5.41, 5.74) is 8.28. The van der Waals surface area contributed by atoms with Gasteiger partial charge in [-0.15, -0.1) is 0 Å². The Morgan fingerprint density at radius 2 is 2.60 bits per heavy atom. The molecule has 0 unspecified atom stereocenters. The second-order valence-corrected chi connectivity index (χ2v) is 2.99. The van der Waals surface area contributed by atoms with Crippen LogP contribution in [0.25, 0.3) is 0 Å². The SMILES string of the molecule is CCOc1cccnc1/C=N\NC(N)=S. The number of ether oxygens (including phenoxy) is 1. The van der Waals surface area contributed by atoms with Gasteiger partial charge in [-0.1, -0.05) is 0 Å². The molecule has 1 heterocycles. The zero-order chi connectivity index (χ0) is 11.1. The molecule has 1 aromatic heterocycles. The Bertz CT molecular complexity index is 367. The lowest BCUT2D eigenvalue weighted by molar-refractivity contribution is 0.338. The third kappa shape index (κ3) is 3.90. The first-order valence-corrected chi connectivity index (χ1v) is 4.81. The number of nitrogens with one attached hydrogen (secondary N) is 1. The van der Waals surface area contributed by atoms with Crippen LogP contribution in [0, 0.1) is 0 Å². The molecular weight excluding hydrogens is 212 g/mol. The van der Waals surface area contributed by atoms with E-state index in [4.69, 9.17) is 10.5 Å². The highest BCUT2D eigenvalue weighted by molar-refractivity contribution is 7.80. The predicted molar refractivity (Wildman–Crippen MR) is 62.9 cm³/mol. The van der Waals surface area contributed by atoms with Gasteiger partial charge in [-0.2, -0.15) is 5.10 Å². The number of aromatic nitrogens is 1. The molecule has 0 aliphatic carbocycles. The van der Waals surface area contributed by atoms with Crippen molar-refractivity contribution in [1.82, 2.24) is 10.4 Å². The smallest absolute Gasteiger partial charge is 0.184 e. The molecular formula is C9H12N4OS. The van der Waals surface area contributed by atoms with E-state index in [1.807, 2.05) is 13.0 Å². The maximum Gasteiger partial charge on any atom is 0.184 e. The van der Waals surface area contributed by atoms with E-state index in [1.165, 1.54) is 6.21 Å². The van der Waals surface area contributed by atoms with E-state index in [9.17, 15) is 0 Å². The van der Waals surface area contributed by atoms with Gasteiger partial charge in [-0.3, -0.25) is 10.4 Å². The highest BCUT2D eigenvalue weighted by Gasteiger charge is 1.99. The minimum Gasteiger partial charge on any atom is -0.492 e. The van der Waals surface area contributed by atoms with Gasteiger partial charge >= 0.3 is 0 Å². The van der Waals surface area contributed by atoms with Gasteiger partial charge in [0.25, 0.3) is 0 Å². The molecule has 0 saturated heterocycles. The normalized spacial score (nSPS) is 10.2. The Kier molecular flexibility index (Phi) is 4.49. The topological polar surface area (TPSA) is 72.5 Å². The summed E-state index contributed by atoms with van der Waals surface area (Å²) in [6, 6.07) is 3.61. The molecule has 80 valence electrons. The Balaban J connectivity index is 2.74. The molecule has 0 spiro atoms. The molecule has 3 N–H and O–H groups in total. The van der Waals surface area contributed by atoms with Crippen molar-refractivity contribution in [1.29, 1.82) is 0 Å². The lowest BCUT2D eigenvalue weighted by Crippen LogP contribution is -2.24. The average molecular weight is 224 g/mol. The first kappa shape index (κ1) is 11.4. The summed E-state index contributed by atoms with van der Waals surface area (Å²) < 4.78 is 5.35. The lowest BCUT2D eigenvalue weighted by Gasteiger charge is -2.04. The molecule has 6 heteroatoms. The molecule has 0 aliphatic heterocycles. The number of thiocarbonyl (C=S) groups is 1. The van der Waals surface area contributed by atoms with Crippen molar-refractivity contribution in [3.05, 3.63) is 24.0 Å². The maximum absolute atomic E-state index is 5.35. The van der Waals surface area contributed by atoms with Crippen LogP contribution in [-0.4, -0.2) is 22.9 Å². The standard InChI is InChI=1S/C9H12N4OS/c1-2-14-8-4-3-5-11-7(8)6-12-13-9(10)15/h3-6H,2H2,1H3,(H3,10,13,15)/b12-6-. The summed E-state index contributed by atoms with van der Waals surface area (Å²) in [5.74, 6) is 0.675. The number of nitrogens with zero attached hydrogens (tertiary/aromatic N) is 2. The predicted octanol–water partition coefficient (Wildman–Crippen LogP) is 0.647. The van der Waals surface area contributed by atoms with E-state index < -0.39 is 0 Å². The lowest BCUT2D eigenvalue weighted by atomic mass is 10.3. The van der Waals surface area contributed by atoms with Gasteiger partial charge in [0.2, 0.25) is 0 Å². The molecule has 15 heavy (non-hydrogen) atoms.